The SMILES string of the molecule is C[NH+](CC(=O)Nc1ccc(N2CCOCC2)cc1)CC(=O)N1CCc2ccccc21. The summed E-state index contributed by atoms with van der Waals surface area (Å²) < 4.78 is 5.38. The molecule has 0 aliphatic carbocycles. The number of morpholine rings is 1. The molecule has 2 aliphatic heterocycles. The van der Waals surface area contributed by atoms with Crippen LogP contribution in [0.4, 0.5) is 17.1 Å². The summed E-state index contributed by atoms with van der Waals surface area (Å²) in [6, 6.07) is 15.9. The summed E-state index contributed by atoms with van der Waals surface area (Å²) >= 11 is 0. The number of anilines is 3. The van der Waals surface area contributed by atoms with E-state index in [2.05, 4.69) is 16.3 Å². The first-order valence-electron chi connectivity index (χ1n) is 10.5. The van der Waals surface area contributed by atoms with Gasteiger partial charge in [0.2, 0.25) is 0 Å². The van der Waals surface area contributed by atoms with E-state index < -0.39 is 0 Å². The number of rotatable bonds is 6. The van der Waals surface area contributed by atoms with Gasteiger partial charge in [0.25, 0.3) is 11.8 Å². The second kappa shape index (κ2) is 9.28. The molecule has 0 aromatic heterocycles. The highest BCUT2D eigenvalue weighted by molar-refractivity contribution is 5.96. The number of amides is 2. The van der Waals surface area contributed by atoms with Crippen LogP contribution in [0.25, 0.3) is 0 Å². The first-order chi connectivity index (χ1) is 14.6. The Labute approximate surface area is 177 Å². The minimum atomic E-state index is -0.0961. The van der Waals surface area contributed by atoms with Gasteiger partial charge < -0.3 is 24.8 Å². The summed E-state index contributed by atoms with van der Waals surface area (Å²) in [6.45, 7) is 4.51. The van der Waals surface area contributed by atoms with Crippen molar-refractivity contribution in [3.63, 3.8) is 0 Å². The Morgan fingerprint density at radius 1 is 1.00 bits per heavy atom. The summed E-state index contributed by atoms with van der Waals surface area (Å²) in [5.41, 5.74) is 4.11. The van der Waals surface area contributed by atoms with E-state index in [-0.39, 0.29) is 24.9 Å². The zero-order valence-corrected chi connectivity index (χ0v) is 17.4. The van der Waals surface area contributed by atoms with Crippen LogP contribution in [0, 0.1) is 0 Å². The summed E-state index contributed by atoms with van der Waals surface area (Å²) in [6.07, 6.45) is 0.891. The van der Waals surface area contributed by atoms with Gasteiger partial charge in [0.15, 0.2) is 13.1 Å². The molecule has 0 bridgehead atoms. The summed E-state index contributed by atoms with van der Waals surface area (Å²) in [5, 5.41) is 2.93. The van der Waals surface area contributed by atoms with Crippen molar-refractivity contribution in [2.75, 3.05) is 68.1 Å². The van der Waals surface area contributed by atoms with Crippen LogP contribution in [0.3, 0.4) is 0 Å². The quantitative estimate of drug-likeness (QED) is 0.732. The average Bonchev–Trinajstić information content (AvgIpc) is 3.19. The van der Waals surface area contributed by atoms with Crippen molar-refractivity contribution in [3.8, 4) is 0 Å². The third kappa shape index (κ3) is 4.80. The van der Waals surface area contributed by atoms with Crippen molar-refractivity contribution in [2.45, 2.75) is 6.42 Å². The molecule has 0 spiro atoms. The number of ether oxygens (including phenoxy) is 1. The Balaban J connectivity index is 1.26. The van der Waals surface area contributed by atoms with Crippen LogP contribution >= 0.6 is 0 Å². The fourth-order valence-corrected chi connectivity index (χ4v) is 4.07. The van der Waals surface area contributed by atoms with Crippen LogP contribution < -0.4 is 20.0 Å². The van der Waals surface area contributed by atoms with Crippen molar-refractivity contribution in [1.29, 1.82) is 0 Å². The molecular weight excluding hydrogens is 380 g/mol. The number of quaternary nitrogens is 1. The van der Waals surface area contributed by atoms with E-state index in [1.54, 1.807) is 0 Å². The number of fused-ring (bicyclic) bond motifs is 1. The van der Waals surface area contributed by atoms with Gasteiger partial charge in [-0.2, -0.15) is 0 Å². The number of nitrogens with zero attached hydrogens (tertiary/aromatic N) is 2. The molecule has 0 radical (unpaired) electrons. The average molecular weight is 410 g/mol. The maximum Gasteiger partial charge on any atom is 0.282 e. The molecule has 0 saturated carbocycles. The fraction of sp³-hybridized carbons (Fsp3) is 0.391. The normalized spacial score (nSPS) is 16.8. The van der Waals surface area contributed by atoms with E-state index in [1.807, 2.05) is 54.4 Å². The van der Waals surface area contributed by atoms with Crippen LogP contribution in [0.1, 0.15) is 5.56 Å². The molecule has 2 aliphatic rings. The van der Waals surface area contributed by atoms with Crippen molar-refractivity contribution >= 4 is 28.9 Å². The third-order valence-corrected chi connectivity index (χ3v) is 5.63. The van der Waals surface area contributed by atoms with E-state index in [0.717, 1.165) is 54.7 Å². The lowest BCUT2D eigenvalue weighted by Crippen LogP contribution is -3.11. The van der Waals surface area contributed by atoms with Crippen molar-refractivity contribution < 1.29 is 19.2 Å². The third-order valence-electron chi connectivity index (χ3n) is 5.63. The minimum absolute atomic E-state index is 0.0557. The van der Waals surface area contributed by atoms with Crippen molar-refractivity contribution in [3.05, 3.63) is 54.1 Å². The monoisotopic (exact) mass is 409 g/mol. The molecule has 1 fully saturated rings. The second-order valence-electron chi connectivity index (χ2n) is 7.93. The van der Waals surface area contributed by atoms with Gasteiger partial charge in [-0.25, -0.2) is 0 Å². The van der Waals surface area contributed by atoms with E-state index in [0.29, 0.717) is 6.54 Å². The van der Waals surface area contributed by atoms with Gasteiger partial charge in [-0.1, -0.05) is 18.2 Å². The van der Waals surface area contributed by atoms with E-state index >= 15 is 0 Å². The van der Waals surface area contributed by atoms with Crippen LogP contribution in [0.2, 0.25) is 0 Å². The summed E-state index contributed by atoms with van der Waals surface area (Å²) in [7, 11) is 1.88. The number of hydrogen-bond acceptors (Lipinski definition) is 4. The van der Waals surface area contributed by atoms with E-state index in [1.165, 1.54) is 5.56 Å². The predicted octanol–water partition coefficient (Wildman–Crippen LogP) is 0.566. The number of carbonyl (C=O) groups excluding carboxylic acids is 2. The molecule has 1 unspecified atom stereocenters. The molecule has 2 aromatic carbocycles. The van der Waals surface area contributed by atoms with Gasteiger partial charge in [0.05, 0.1) is 20.3 Å². The highest BCUT2D eigenvalue weighted by Gasteiger charge is 2.26. The Hall–Kier alpha value is -2.90. The molecule has 2 N–H and O–H groups in total. The summed E-state index contributed by atoms with van der Waals surface area (Å²) in [4.78, 5) is 30.1. The second-order valence-corrected chi connectivity index (χ2v) is 7.93. The molecule has 158 valence electrons. The lowest BCUT2D eigenvalue weighted by atomic mass is 10.2. The molecule has 7 heteroatoms. The lowest BCUT2D eigenvalue weighted by Gasteiger charge is -2.28. The molecule has 30 heavy (non-hydrogen) atoms. The van der Waals surface area contributed by atoms with Gasteiger partial charge in [-0.15, -0.1) is 0 Å². The van der Waals surface area contributed by atoms with E-state index in [9.17, 15) is 9.59 Å². The molecule has 1 saturated heterocycles. The smallest absolute Gasteiger partial charge is 0.282 e. The van der Waals surface area contributed by atoms with E-state index in [4.69, 9.17) is 4.74 Å². The Kier molecular flexibility index (Phi) is 6.30. The van der Waals surface area contributed by atoms with Crippen LogP contribution in [-0.2, 0) is 20.7 Å². The largest absolute Gasteiger partial charge is 0.378 e. The Morgan fingerprint density at radius 3 is 2.50 bits per heavy atom. The van der Waals surface area contributed by atoms with Crippen LogP contribution in [0.5, 0.6) is 0 Å². The maximum atomic E-state index is 12.7. The van der Waals surface area contributed by atoms with Crippen LogP contribution in [0.15, 0.2) is 48.5 Å². The molecule has 2 amide bonds. The lowest BCUT2D eigenvalue weighted by molar-refractivity contribution is -0.862. The zero-order chi connectivity index (χ0) is 20.9. The highest BCUT2D eigenvalue weighted by Crippen LogP contribution is 2.27. The molecular formula is C23H29N4O3+. The number of benzene rings is 2. The Morgan fingerprint density at radius 2 is 1.73 bits per heavy atom. The van der Waals surface area contributed by atoms with Gasteiger partial charge in [0, 0.05) is 36.7 Å². The maximum absolute atomic E-state index is 12.7. The van der Waals surface area contributed by atoms with Gasteiger partial charge in [-0.3, -0.25) is 9.59 Å². The predicted molar refractivity (Wildman–Crippen MR) is 117 cm³/mol. The number of para-hydroxylation sites is 1. The number of hydrogen-bond donors (Lipinski definition) is 2. The molecule has 4 rings (SSSR count). The standard InChI is InChI=1S/C23H28N4O3/c1-25(17-23(29)27-11-10-18-4-2-3-5-21(18)27)16-22(28)24-19-6-8-20(9-7-19)26-12-14-30-15-13-26/h2-9H,10-17H2,1H3,(H,24,28)/p+1. The van der Waals surface area contributed by atoms with Gasteiger partial charge in [-0.05, 0) is 42.3 Å². The van der Waals surface area contributed by atoms with Gasteiger partial charge in [0.1, 0.15) is 0 Å². The molecule has 2 heterocycles. The first kappa shape index (κ1) is 20.4. The minimum Gasteiger partial charge on any atom is -0.378 e. The first-order valence-corrected chi connectivity index (χ1v) is 10.5. The number of nitrogens with one attached hydrogen (secondary N) is 2. The number of carbonyl (C=O) groups is 2. The van der Waals surface area contributed by atoms with Crippen LogP contribution in [-0.4, -0.2) is 64.8 Å². The van der Waals surface area contributed by atoms with Crippen molar-refractivity contribution in [2.24, 2.45) is 0 Å². The topological polar surface area (TPSA) is 66.3 Å². The van der Waals surface area contributed by atoms with Gasteiger partial charge >= 0.3 is 0 Å². The zero-order valence-electron chi connectivity index (χ0n) is 17.4. The summed E-state index contributed by atoms with van der Waals surface area (Å²) in [5.74, 6) is -0.0404. The van der Waals surface area contributed by atoms with Crippen molar-refractivity contribution in [1.82, 2.24) is 0 Å². The molecule has 2 aromatic rings. The highest BCUT2D eigenvalue weighted by atomic mass is 16.5. The molecule has 1 atom stereocenters. The molecule has 7 nitrogen and oxygen atoms in total. The Bertz CT molecular complexity index is 894. The number of likely N-dealkylation sites (N-methyl/N-ethyl adjacent to an activating group) is 1. The fourth-order valence-electron chi connectivity index (χ4n) is 4.07.